The second-order valence-electron chi connectivity index (χ2n) is 11.0. The molecule has 2 aromatic rings. The Morgan fingerprint density at radius 2 is 2.03 bits per heavy atom. The monoisotopic (exact) mass is 483 g/mol. The zero-order valence-corrected chi connectivity index (χ0v) is 21.3. The van der Waals surface area contributed by atoms with Gasteiger partial charge < -0.3 is 20.2 Å². The Kier molecular flexibility index (Phi) is 7.12. The number of nitrogens with one attached hydrogen (secondary N) is 1. The zero-order chi connectivity index (χ0) is 25.3. The van der Waals surface area contributed by atoms with E-state index in [0.29, 0.717) is 18.9 Å². The van der Waals surface area contributed by atoms with Crippen molar-refractivity contribution in [3.05, 3.63) is 35.8 Å². The van der Waals surface area contributed by atoms with Crippen LogP contribution >= 0.6 is 0 Å². The van der Waals surface area contributed by atoms with E-state index in [0.717, 1.165) is 29.9 Å². The van der Waals surface area contributed by atoms with E-state index in [4.69, 9.17) is 0 Å². The first-order valence-electron chi connectivity index (χ1n) is 12.4. The van der Waals surface area contributed by atoms with Gasteiger partial charge in [0.25, 0.3) is 0 Å². The summed E-state index contributed by atoms with van der Waals surface area (Å²) in [4.78, 5) is 34.8. The molecule has 0 unspecified atom stereocenters. The van der Waals surface area contributed by atoms with E-state index >= 15 is 0 Å². The number of carbonyl (C=O) groups is 2. The van der Waals surface area contributed by atoms with Gasteiger partial charge in [0.15, 0.2) is 0 Å². The summed E-state index contributed by atoms with van der Waals surface area (Å²) in [6, 6.07) is 2.52. The van der Waals surface area contributed by atoms with Gasteiger partial charge in [0, 0.05) is 51.9 Å². The summed E-state index contributed by atoms with van der Waals surface area (Å²) in [5.41, 5.74) is 1.49. The van der Waals surface area contributed by atoms with E-state index in [1.807, 2.05) is 58.1 Å². The van der Waals surface area contributed by atoms with E-state index in [9.17, 15) is 14.7 Å². The third-order valence-corrected chi connectivity index (χ3v) is 6.69. The van der Waals surface area contributed by atoms with Crippen LogP contribution in [0.15, 0.2) is 24.5 Å². The minimum absolute atomic E-state index is 0.126. The maximum Gasteiger partial charge on any atom is 0.248 e. The molecule has 0 spiro atoms. The van der Waals surface area contributed by atoms with Gasteiger partial charge >= 0.3 is 0 Å². The van der Waals surface area contributed by atoms with E-state index in [-0.39, 0.29) is 24.8 Å². The highest BCUT2D eigenvalue weighted by Gasteiger charge is 2.45. The minimum Gasteiger partial charge on any atom is -0.391 e. The summed E-state index contributed by atoms with van der Waals surface area (Å²) in [6.45, 7) is 6.47. The number of rotatable bonds is 8. The van der Waals surface area contributed by atoms with Crippen LogP contribution in [-0.2, 0) is 16.0 Å². The van der Waals surface area contributed by atoms with Crippen molar-refractivity contribution in [2.75, 3.05) is 32.1 Å². The number of amides is 2. The number of anilines is 1. The second kappa shape index (κ2) is 9.93. The number of nitrogens with zero attached hydrogens (tertiary/aromatic N) is 6. The Balaban J connectivity index is 1.46. The van der Waals surface area contributed by atoms with Gasteiger partial charge in [0.2, 0.25) is 11.8 Å². The second-order valence-corrected chi connectivity index (χ2v) is 11.0. The molecule has 2 aromatic heterocycles. The van der Waals surface area contributed by atoms with Gasteiger partial charge in [0.05, 0.1) is 11.8 Å². The molecule has 1 saturated carbocycles. The third-order valence-electron chi connectivity index (χ3n) is 6.69. The number of hydrogen-bond acceptors (Lipinski definition) is 7. The Hall–Kier alpha value is -3.01. The highest BCUT2D eigenvalue weighted by Crippen LogP contribution is 2.40. The maximum absolute atomic E-state index is 13.8. The lowest BCUT2D eigenvalue weighted by Gasteiger charge is -2.34. The average Bonchev–Trinajstić information content (AvgIpc) is 3.40. The van der Waals surface area contributed by atoms with Crippen LogP contribution in [0.5, 0.6) is 0 Å². The summed E-state index contributed by atoms with van der Waals surface area (Å²) in [5, 5.41) is 21.9. The van der Waals surface area contributed by atoms with Crippen LogP contribution in [-0.4, -0.2) is 81.1 Å². The van der Waals surface area contributed by atoms with Gasteiger partial charge in [-0.2, -0.15) is 0 Å². The molecule has 35 heavy (non-hydrogen) atoms. The number of aliphatic hydroxyl groups is 1. The van der Waals surface area contributed by atoms with E-state index < -0.39 is 23.6 Å². The Labute approximate surface area is 206 Å². The summed E-state index contributed by atoms with van der Waals surface area (Å²) < 4.78 is 1.64. The molecule has 10 nitrogen and oxygen atoms in total. The molecule has 0 aromatic carbocycles. The molecule has 190 valence electrons. The third kappa shape index (κ3) is 5.63. The standard InChI is InChI=1S/C25H37N7O3/c1-25(2,3)21(32-15-19(28-29-32)16-8-9-16)24(35)31-14-18(33)13-20(31)23(34)27-12-10-17-7-6-11-26-22(17)30(4)5/h6-7,11,15-16,18,20-21,33H,8-10,12-14H2,1-5H3,(H,27,34)/t18-,20+,21-/m1/s1. The number of likely N-dealkylation sites (tertiary alicyclic amines) is 1. The summed E-state index contributed by atoms with van der Waals surface area (Å²) in [5.74, 6) is 0.819. The Bertz CT molecular complexity index is 1060. The van der Waals surface area contributed by atoms with Crippen molar-refractivity contribution >= 4 is 17.6 Å². The molecule has 2 N–H and O–H groups in total. The van der Waals surface area contributed by atoms with Crippen LogP contribution in [0.3, 0.4) is 0 Å². The first-order chi connectivity index (χ1) is 16.6. The number of aliphatic hydroxyl groups excluding tert-OH is 1. The van der Waals surface area contributed by atoms with E-state index in [1.54, 1.807) is 10.9 Å². The topological polar surface area (TPSA) is 116 Å². The molecule has 1 aliphatic heterocycles. The van der Waals surface area contributed by atoms with Crippen LogP contribution in [0.1, 0.15) is 63.3 Å². The van der Waals surface area contributed by atoms with Gasteiger partial charge in [-0.1, -0.05) is 32.1 Å². The molecule has 0 radical (unpaired) electrons. The molecule has 1 saturated heterocycles. The number of aromatic nitrogens is 4. The fourth-order valence-electron chi connectivity index (χ4n) is 4.79. The van der Waals surface area contributed by atoms with Crippen LogP contribution in [0.25, 0.3) is 0 Å². The molecule has 2 fully saturated rings. The smallest absolute Gasteiger partial charge is 0.248 e. The van der Waals surface area contributed by atoms with Crippen molar-refractivity contribution in [1.29, 1.82) is 0 Å². The summed E-state index contributed by atoms with van der Waals surface area (Å²) in [7, 11) is 3.87. The fraction of sp³-hybridized carbons (Fsp3) is 0.640. The summed E-state index contributed by atoms with van der Waals surface area (Å²) >= 11 is 0. The van der Waals surface area contributed by atoms with Gasteiger partial charge in [-0.05, 0) is 36.3 Å². The van der Waals surface area contributed by atoms with Crippen molar-refractivity contribution in [3.63, 3.8) is 0 Å². The van der Waals surface area contributed by atoms with Crippen molar-refractivity contribution in [3.8, 4) is 0 Å². The van der Waals surface area contributed by atoms with Crippen molar-refractivity contribution < 1.29 is 14.7 Å². The fourth-order valence-corrected chi connectivity index (χ4v) is 4.79. The largest absolute Gasteiger partial charge is 0.391 e. The van der Waals surface area contributed by atoms with E-state index in [1.165, 1.54) is 4.90 Å². The van der Waals surface area contributed by atoms with E-state index in [2.05, 4.69) is 20.6 Å². The highest BCUT2D eigenvalue weighted by molar-refractivity contribution is 5.90. The SMILES string of the molecule is CN(C)c1ncccc1CCNC(=O)[C@@H]1C[C@@H](O)CN1C(=O)[C@@H](n1cc(C2CC2)nn1)C(C)(C)C. The quantitative estimate of drug-likeness (QED) is 0.585. The maximum atomic E-state index is 13.8. The molecular weight excluding hydrogens is 446 g/mol. The molecule has 0 bridgehead atoms. The predicted molar refractivity (Wildman–Crippen MR) is 132 cm³/mol. The number of hydrogen-bond donors (Lipinski definition) is 2. The highest BCUT2D eigenvalue weighted by atomic mass is 16.3. The van der Waals surface area contributed by atoms with Crippen LogP contribution < -0.4 is 10.2 Å². The normalized spacial score (nSPS) is 21.1. The lowest BCUT2D eigenvalue weighted by Crippen LogP contribution is -2.50. The minimum atomic E-state index is -0.744. The van der Waals surface area contributed by atoms with Crippen LogP contribution in [0.4, 0.5) is 5.82 Å². The molecular formula is C25H37N7O3. The Morgan fingerprint density at radius 3 is 2.69 bits per heavy atom. The van der Waals surface area contributed by atoms with Gasteiger partial charge in [-0.25, -0.2) is 9.67 Å². The van der Waals surface area contributed by atoms with Crippen LogP contribution in [0, 0.1) is 5.41 Å². The van der Waals surface area contributed by atoms with Crippen molar-refractivity contribution in [2.45, 2.75) is 70.6 Å². The molecule has 1 aliphatic carbocycles. The molecule has 3 atom stereocenters. The molecule has 4 rings (SSSR count). The lowest BCUT2D eigenvalue weighted by atomic mass is 9.85. The number of pyridine rings is 1. The van der Waals surface area contributed by atoms with Gasteiger partial charge in [-0.3, -0.25) is 9.59 Å². The average molecular weight is 484 g/mol. The zero-order valence-electron chi connectivity index (χ0n) is 21.3. The van der Waals surface area contributed by atoms with Crippen LogP contribution in [0.2, 0.25) is 0 Å². The first-order valence-corrected chi connectivity index (χ1v) is 12.4. The molecule has 10 heteroatoms. The molecule has 2 aliphatic rings. The predicted octanol–water partition coefficient (Wildman–Crippen LogP) is 1.52. The number of carbonyl (C=O) groups excluding carboxylic acids is 2. The van der Waals surface area contributed by atoms with Crippen molar-refractivity contribution in [1.82, 2.24) is 30.2 Å². The lowest BCUT2D eigenvalue weighted by molar-refractivity contribution is -0.144. The van der Waals surface area contributed by atoms with Crippen molar-refractivity contribution in [2.24, 2.45) is 5.41 Å². The molecule has 2 amide bonds. The molecule has 3 heterocycles. The number of β-amino-alcohol motifs (C(OH)–C–C–N with tert-alkyl or cyclic N) is 1. The Morgan fingerprint density at radius 1 is 1.29 bits per heavy atom. The van der Waals surface area contributed by atoms with Gasteiger partial charge in [0.1, 0.15) is 17.9 Å². The first kappa shape index (κ1) is 25.1. The summed E-state index contributed by atoms with van der Waals surface area (Å²) in [6.07, 6.45) is 5.90. The van der Waals surface area contributed by atoms with Gasteiger partial charge in [-0.15, -0.1) is 5.10 Å².